The lowest BCUT2D eigenvalue weighted by Crippen LogP contribution is -2.09. The molecule has 1 aliphatic rings. The monoisotopic (exact) mass is 189 g/mol. The van der Waals surface area contributed by atoms with E-state index in [2.05, 4.69) is 14.8 Å². The molecule has 72 valence electrons. The second-order valence-electron chi connectivity index (χ2n) is 3.85. The summed E-state index contributed by atoms with van der Waals surface area (Å²) in [5.74, 6) is 0. The van der Waals surface area contributed by atoms with Gasteiger partial charge in [0.25, 0.3) is 5.56 Å². The van der Waals surface area contributed by atoms with Crippen molar-refractivity contribution in [3.05, 3.63) is 28.3 Å². The van der Waals surface area contributed by atoms with Gasteiger partial charge in [-0.05, 0) is 25.8 Å². The van der Waals surface area contributed by atoms with Crippen molar-refractivity contribution < 1.29 is 0 Å². The van der Waals surface area contributed by atoms with Gasteiger partial charge in [-0.2, -0.15) is 5.10 Å². The van der Waals surface area contributed by atoms with Gasteiger partial charge in [0.2, 0.25) is 0 Å². The lowest BCUT2D eigenvalue weighted by Gasteiger charge is -2.03. The fraction of sp³-hybridized carbons (Fsp3) is 0.400. The van der Waals surface area contributed by atoms with Crippen molar-refractivity contribution in [3.8, 4) is 0 Å². The Morgan fingerprint density at radius 2 is 2.36 bits per heavy atom. The van der Waals surface area contributed by atoms with Crippen LogP contribution in [0.25, 0.3) is 10.9 Å². The van der Waals surface area contributed by atoms with Crippen LogP contribution in [0.1, 0.15) is 24.6 Å². The number of aryl methyl sites for hydroxylation is 1. The molecule has 0 saturated heterocycles. The van der Waals surface area contributed by atoms with Crippen LogP contribution in [0.15, 0.2) is 17.1 Å². The number of aromatic nitrogens is 3. The summed E-state index contributed by atoms with van der Waals surface area (Å²) in [6.07, 6.45) is 4.43. The average Bonchev–Trinajstić information content (AvgIpc) is 2.91. The topological polar surface area (TPSA) is 50.7 Å². The molecule has 2 heterocycles. The third kappa shape index (κ3) is 0.937. The molecule has 0 amide bonds. The van der Waals surface area contributed by atoms with Gasteiger partial charge in [0, 0.05) is 12.2 Å². The molecule has 2 aromatic heterocycles. The number of fused-ring (bicyclic) bond motifs is 1. The Kier molecular flexibility index (Phi) is 1.37. The number of nitrogens with zero attached hydrogens (tertiary/aromatic N) is 2. The smallest absolute Gasteiger partial charge is 0.273 e. The van der Waals surface area contributed by atoms with Crippen LogP contribution in [-0.4, -0.2) is 14.8 Å². The molecule has 3 rings (SSSR count). The molecular formula is C10H11N3O. The first-order valence-electron chi connectivity index (χ1n) is 4.83. The van der Waals surface area contributed by atoms with Crippen molar-refractivity contribution >= 4 is 10.9 Å². The van der Waals surface area contributed by atoms with E-state index in [0.29, 0.717) is 6.04 Å². The lowest BCUT2D eigenvalue weighted by atomic mass is 10.3. The Bertz CT molecular complexity index is 548. The molecule has 1 N–H and O–H groups in total. The summed E-state index contributed by atoms with van der Waals surface area (Å²) in [5, 5.41) is 7.24. The normalized spacial score (nSPS) is 16.4. The molecule has 0 aliphatic heterocycles. The third-order valence-electron chi connectivity index (χ3n) is 2.77. The van der Waals surface area contributed by atoms with Crippen LogP contribution in [-0.2, 0) is 0 Å². The van der Waals surface area contributed by atoms with Gasteiger partial charge in [0.15, 0.2) is 0 Å². The first-order chi connectivity index (χ1) is 6.77. The van der Waals surface area contributed by atoms with E-state index >= 15 is 0 Å². The van der Waals surface area contributed by atoms with Gasteiger partial charge in [-0.15, -0.1) is 0 Å². The summed E-state index contributed by atoms with van der Waals surface area (Å²) in [5.41, 5.74) is 1.80. The number of H-pyrrole nitrogens is 1. The zero-order valence-electron chi connectivity index (χ0n) is 7.95. The Morgan fingerprint density at radius 3 is 3.07 bits per heavy atom. The van der Waals surface area contributed by atoms with Gasteiger partial charge in [-0.25, -0.2) is 5.10 Å². The van der Waals surface area contributed by atoms with Crippen LogP contribution < -0.4 is 5.56 Å². The van der Waals surface area contributed by atoms with Gasteiger partial charge in [0.1, 0.15) is 0 Å². The van der Waals surface area contributed by atoms with Gasteiger partial charge >= 0.3 is 0 Å². The van der Waals surface area contributed by atoms with Crippen molar-refractivity contribution in [2.75, 3.05) is 0 Å². The van der Waals surface area contributed by atoms with Crippen molar-refractivity contribution in [1.82, 2.24) is 14.8 Å². The molecule has 4 heteroatoms. The third-order valence-corrected chi connectivity index (χ3v) is 2.77. The van der Waals surface area contributed by atoms with Crippen LogP contribution in [0.5, 0.6) is 0 Å². The Labute approximate surface area is 80.6 Å². The highest BCUT2D eigenvalue weighted by molar-refractivity contribution is 5.81. The maximum absolute atomic E-state index is 11.5. The van der Waals surface area contributed by atoms with Crippen molar-refractivity contribution in [3.63, 3.8) is 0 Å². The van der Waals surface area contributed by atoms with Gasteiger partial charge < -0.3 is 4.57 Å². The van der Waals surface area contributed by atoms with Crippen molar-refractivity contribution in [1.29, 1.82) is 0 Å². The summed E-state index contributed by atoms with van der Waals surface area (Å²) < 4.78 is 2.17. The Hall–Kier alpha value is -1.58. The minimum atomic E-state index is -0.0926. The summed E-state index contributed by atoms with van der Waals surface area (Å²) in [7, 11) is 0. The fourth-order valence-electron chi connectivity index (χ4n) is 1.92. The Balaban J connectivity index is 2.43. The van der Waals surface area contributed by atoms with Crippen LogP contribution in [0.3, 0.4) is 0 Å². The average molecular weight is 189 g/mol. The molecule has 2 aromatic rings. The highest BCUT2D eigenvalue weighted by atomic mass is 16.1. The van der Waals surface area contributed by atoms with Gasteiger partial charge in [-0.1, -0.05) is 0 Å². The highest BCUT2D eigenvalue weighted by Crippen LogP contribution is 2.37. The summed E-state index contributed by atoms with van der Waals surface area (Å²) >= 11 is 0. The predicted molar refractivity (Wildman–Crippen MR) is 53.4 cm³/mol. The van der Waals surface area contributed by atoms with E-state index in [4.69, 9.17) is 0 Å². The molecule has 0 spiro atoms. The molecule has 0 bridgehead atoms. The minimum absolute atomic E-state index is 0.0926. The SMILES string of the molecule is Cc1n[nH]c(=O)c2ccn(C3CC3)c12. The second kappa shape index (κ2) is 2.47. The minimum Gasteiger partial charge on any atom is -0.343 e. The standard InChI is InChI=1S/C10H11N3O/c1-6-9-8(10(14)12-11-6)4-5-13(9)7-2-3-7/h4-5,7H,2-3H2,1H3,(H,12,14). The van der Waals surface area contributed by atoms with Gasteiger partial charge in [-0.3, -0.25) is 4.79 Å². The van der Waals surface area contributed by atoms with Crippen LogP contribution in [0.4, 0.5) is 0 Å². The number of hydrogen-bond acceptors (Lipinski definition) is 2. The maximum atomic E-state index is 11.5. The molecule has 4 nitrogen and oxygen atoms in total. The lowest BCUT2D eigenvalue weighted by molar-refractivity contribution is 0.768. The fourth-order valence-corrected chi connectivity index (χ4v) is 1.92. The molecular weight excluding hydrogens is 178 g/mol. The first-order valence-corrected chi connectivity index (χ1v) is 4.83. The van der Waals surface area contributed by atoms with Gasteiger partial charge in [0.05, 0.1) is 16.6 Å². The van der Waals surface area contributed by atoms with E-state index in [-0.39, 0.29) is 5.56 Å². The molecule has 14 heavy (non-hydrogen) atoms. The van der Waals surface area contributed by atoms with Crippen molar-refractivity contribution in [2.45, 2.75) is 25.8 Å². The zero-order chi connectivity index (χ0) is 9.71. The van der Waals surface area contributed by atoms with Crippen molar-refractivity contribution in [2.24, 2.45) is 0 Å². The summed E-state index contributed by atoms with van der Waals surface area (Å²) in [4.78, 5) is 11.5. The maximum Gasteiger partial charge on any atom is 0.273 e. The molecule has 1 fully saturated rings. The largest absolute Gasteiger partial charge is 0.343 e. The quantitative estimate of drug-likeness (QED) is 0.736. The zero-order valence-corrected chi connectivity index (χ0v) is 7.95. The highest BCUT2D eigenvalue weighted by Gasteiger charge is 2.25. The number of aromatic amines is 1. The molecule has 0 atom stereocenters. The summed E-state index contributed by atoms with van der Waals surface area (Å²) in [6.45, 7) is 1.93. The predicted octanol–water partition coefficient (Wildman–Crippen LogP) is 1.37. The molecule has 0 aromatic carbocycles. The number of rotatable bonds is 1. The van der Waals surface area contributed by atoms with E-state index in [9.17, 15) is 4.79 Å². The summed E-state index contributed by atoms with van der Waals surface area (Å²) in [6, 6.07) is 2.47. The number of nitrogens with one attached hydrogen (secondary N) is 1. The molecule has 1 aliphatic carbocycles. The van der Waals surface area contributed by atoms with E-state index in [1.807, 2.05) is 19.2 Å². The molecule has 1 saturated carbocycles. The Morgan fingerprint density at radius 1 is 1.57 bits per heavy atom. The van der Waals surface area contributed by atoms with E-state index < -0.39 is 0 Å². The van der Waals surface area contributed by atoms with Crippen LogP contribution in [0.2, 0.25) is 0 Å². The first kappa shape index (κ1) is 7.79. The van der Waals surface area contributed by atoms with Crippen LogP contribution in [0, 0.1) is 6.92 Å². The number of hydrogen-bond donors (Lipinski definition) is 1. The van der Waals surface area contributed by atoms with E-state index in [1.165, 1.54) is 12.8 Å². The molecule has 0 unspecified atom stereocenters. The van der Waals surface area contributed by atoms with E-state index in [1.54, 1.807) is 0 Å². The second-order valence-corrected chi connectivity index (χ2v) is 3.85. The molecule has 0 radical (unpaired) electrons. The van der Waals surface area contributed by atoms with E-state index in [0.717, 1.165) is 16.6 Å². The van der Waals surface area contributed by atoms with Crippen LogP contribution >= 0.6 is 0 Å².